The third kappa shape index (κ3) is 2.86. The first kappa shape index (κ1) is 12.1. The van der Waals surface area contributed by atoms with Crippen LogP contribution in [-0.4, -0.2) is 35.1 Å². The van der Waals surface area contributed by atoms with Crippen LogP contribution in [0.3, 0.4) is 0 Å². The van der Waals surface area contributed by atoms with Crippen LogP contribution in [0.25, 0.3) is 0 Å². The van der Waals surface area contributed by atoms with Gasteiger partial charge < -0.3 is 10.0 Å². The molecule has 0 aliphatic heterocycles. The number of carbonyl (C=O) groups is 1. The van der Waals surface area contributed by atoms with Gasteiger partial charge in [-0.25, -0.2) is 4.79 Å². The van der Waals surface area contributed by atoms with Gasteiger partial charge in [0, 0.05) is 12.1 Å². The van der Waals surface area contributed by atoms with Crippen molar-refractivity contribution in [3.05, 3.63) is 35.4 Å². The SMILES string of the molecule is CN(CCc1ccc(C(=O)O)cc1)C1(C)CC1. The number of aromatic carboxylic acids is 1. The van der Waals surface area contributed by atoms with Crippen molar-refractivity contribution < 1.29 is 9.90 Å². The van der Waals surface area contributed by atoms with Crippen LogP contribution in [0.4, 0.5) is 0 Å². The van der Waals surface area contributed by atoms with Crippen LogP contribution >= 0.6 is 0 Å². The Morgan fingerprint density at radius 2 is 1.94 bits per heavy atom. The molecule has 1 aliphatic carbocycles. The Balaban J connectivity index is 1.89. The summed E-state index contributed by atoms with van der Waals surface area (Å²) >= 11 is 0. The van der Waals surface area contributed by atoms with Crippen molar-refractivity contribution in [1.29, 1.82) is 0 Å². The molecular formula is C14H19NO2. The lowest BCUT2D eigenvalue weighted by atomic mass is 10.1. The zero-order valence-corrected chi connectivity index (χ0v) is 10.4. The monoisotopic (exact) mass is 233 g/mol. The second-order valence-corrected chi connectivity index (χ2v) is 5.17. The summed E-state index contributed by atoms with van der Waals surface area (Å²) in [4.78, 5) is 13.1. The highest BCUT2D eigenvalue weighted by Gasteiger charge is 2.40. The zero-order chi connectivity index (χ0) is 12.5. The molecule has 0 spiro atoms. The molecule has 0 bridgehead atoms. The second-order valence-electron chi connectivity index (χ2n) is 5.17. The largest absolute Gasteiger partial charge is 0.478 e. The Hall–Kier alpha value is -1.35. The first-order valence-corrected chi connectivity index (χ1v) is 6.05. The summed E-state index contributed by atoms with van der Waals surface area (Å²) in [7, 11) is 2.17. The molecule has 0 aromatic heterocycles. The van der Waals surface area contributed by atoms with E-state index in [1.807, 2.05) is 12.1 Å². The maximum atomic E-state index is 10.7. The molecule has 0 radical (unpaired) electrons. The number of hydrogen-bond donors (Lipinski definition) is 1. The highest BCUT2D eigenvalue weighted by Crippen LogP contribution is 2.39. The highest BCUT2D eigenvalue weighted by atomic mass is 16.4. The minimum absolute atomic E-state index is 0.358. The van der Waals surface area contributed by atoms with Gasteiger partial charge in [0.05, 0.1) is 5.56 Å². The molecular weight excluding hydrogens is 214 g/mol. The van der Waals surface area contributed by atoms with Gasteiger partial charge in [0.2, 0.25) is 0 Å². The molecule has 0 unspecified atom stereocenters. The van der Waals surface area contributed by atoms with Gasteiger partial charge in [-0.3, -0.25) is 0 Å². The van der Waals surface area contributed by atoms with E-state index in [0.29, 0.717) is 11.1 Å². The number of likely N-dealkylation sites (N-methyl/N-ethyl adjacent to an activating group) is 1. The first-order chi connectivity index (χ1) is 8.01. The quantitative estimate of drug-likeness (QED) is 0.849. The van der Waals surface area contributed by atoms with E-state index in [-0.39, 0.29) is 0 Å². The number of benzene rings is 1. The van der Waals surface area contributed by atoms with E-state index in [0.717, 1.165) is 13.0 Å². The van der Waals surface area contributed by atoms with Crippen molar-refractivity contribution in [2.24, 2.45) is 0 Å². The molecule has 3 heteroatoms. The number of nitrogens with zero attached hydrogens (tertiary/aromatic N) is 1. The Bertz CT molecular complexity index is 407. The second kappa shape index (κ2) is 4.49. The molecule has 0 saturated heterocycles. The molecule has 1 fully saturated rings. The molecule has 17 heavy (non-hydrogen) atoms. The van der Waals surface area contributed by atoms with E-state index in [2.05, 4.69) is 18.9 Å². The molecule has 92 valence electrons. The number of rotatable bonds is 5. The Morgan fingerprint density at radius 1 is 1.35 bits per heavy atom. The first-order valence-electron chi connectivity index (χ1n) is 6.05. The van der Waals surface area contributed by atoms with Crippen LogP contribution in [0.2, 0.25) is 0 Å². The van der Waals surface area contributed by atoms with E-state index >= 15 is 0 Å². The van der Waals surface area contributed by atoms with Crippen LogP contribution in [0.15, 0.2) is 24.3 Å². The average molecular weight is 233 g/mol. The lowest BCUT2D eigenvalue weighted by Gasteiger charge is -2.24. The number of hydrogen-bond acceptors (Lipinski definition) is 2. The predicted molar refractivity (Wildman–Crippen MR) is 67.4 cm³/mol. The van der Waals surface area contributed by atoms with E-state index in [4.69, 9.17) is 5.11 Å². The molecule has 2 rings (SSSR count). The lowest BCUT2D eigenvalue weighted by Crippen LogP contribution is -2.32. The van der Waals surface area contributed by atoms with E-state index < -0.39 is 5.97 Å². The summed E-state index contributed by atoms with van der Waals surface area (Å²) in [5.41, 5.74) is 1.98. The van der Waals surface area contributed by atoms with Crippen LogP contribution in [-0.2, 0) is 6.42 Å². The molecule has 1 aromatic carbocycles. The van der Waals surface area contributed by atoms with Crippen molar-refractivity contribution >= 4 is 5.97 Å². The molecule has 1 aromatic rings. The van der Waals surface area contributed by atoms with Gasteiger partial charge >= 0.3 is 5.97 Å². The minimum Gasteiger partial charge on any atom is -0.478 e. The van der Waals surface area contributed by atoms with Crippen molar-refractivity contribution in [3.8, 4) is 0 Å². The van der Waals surface area contributed by atoms with E-state index in [1.54, 1.807) is 12.1 Å². The van der Waals surface area contributed by atoms with Crippen molar-refractivity contribution in [3.63, 3.8) is 0 Å². The van der Waals surface area contributed by atoms with Gasteiger partial charge in [0.1, 0.15) is 0 Å². The van der Waals surface area contributed by atoms with Crippen molar-refractivity contribution in [2.45, 2.75) is 31.7 Å². The number of carboxylic acids is 1. The average Bonchev–Trinajstić information content (AvgIpc) is 3.06. The maximum Gasteiger partial charge on any atom is 0.335 e. The third-order valence-electron chi connectivity index (χ3n) is 3.83. The Kier molecular flexibility index (Phi) is 3.20. The van der Waals surface area contributed by atoms with Crippen LogP contribution in [0, 0.1) is 0 Å². The standard InChI is InChI=1S/C14H19NO2/c1-14(8-9-14)15(2)10-7-11-3-5-12(6-4-11)13(16)17/h3-6H,7-10H2,1-2H3,(H,16,17). The topological polar surface area (TPSA) is 40.5 Å². The summed E-state index contributed by atoms with van der Waals surface area (Å²) in [6.45, 7) is 3.32. The maximum absolute atomic E-state index is 10.7. The highest BCUT2D eigenvalue weighted by molar-refractivity contribution is 5.87. The summed E-state index contributed by atoms with van der Waals surface area (Å²) in [6, 6.07) is 7.17. The van der Waals surface area contributed by atoms with Crippen molar-refractivity contribution in [2.75, 3.05) is 13.6 Å². The van der Waals surface area contributed by atoms with E-state index in [9.17, 15) is 4.79 Å². The summed E-state index contributed by atoms with van der Waals surface area (Å²) in [5, 5.41) is 8.80. The van der Waals surface area contributed by atoms with Gasteiger partial charge in [-0.1, -0.05) is 12.1 Å². The van der Waals surface area contributed by atoms with Gasteiger partial charge in [-0.15, -0.1) is 0 Å². The van der Waals surface area contributed by atoms with E-state index in [1.165, 1.54) is 18.4 Å². The Morgan fingerprint density at radius 3 is 2.41 bits per heavy atom. The molecule has 0 heterocycles. The van der Waals surface area contributed by atoms with Crippen LogP contribution < -0.4 is 0 Å². The zero-order valence-electron chi connectivity index (χ0n) is 10.4. The molecule has 3 nitrogen and oxygen atoms in total. The molecule has 1 N–H and O–H groups in total. The van der Waals surface area contributed by atoms with Gasteiger partial charge in [0.25, 0.3) is 0 Å². The lowest BCUT2D eigenvalue weighted by molar-refractivity contribution is 0.0697. The van der Waals surface area contributed by atoms with Crippen LogP contribution in [0.1, 0.15) is 35.7 Å². The molecule has 0 amide bonds. The molecule has 0 atom stereocenters. The predicted octanol–water partition coefficient (Wildman–Crippen LogP) is 2.41. The van der Waals surface area contributed by atoms with Crippen LogP contribution in [0.5, 0.6) is 0 Å². The Labute approximate surface area is 102 Å². The summed E-state index contributed by atoms with van der Waals surface area (Å²) in [5.74, 6) is -0.862. The summed E-state index contributed by atoms with van der Waals surface area (Å²) in [6.07, 6.45) is 3.56. The van der Waals surface area contributed by atoms with Gasteiger partial charge in [-0.2, -0.15) is 0 Å². The fourth-order valence-corrected chi connectivity index (χ4v) is 1.94. The number of carboxylic acid groups (broad SMARTS) is 1. The third-order valence-corrected chi connectivity index (χ3v) is 3.83. The fraction of sp³-hybridized carbons (Fsp3) is 0.500. The van der Waals surface area contributed by atoms with Gasteiger partial charge in [-0.05, 0) is 50.9 Å². The summed E-state index contributed by atoms with van der Waals surface area (Å²) < 4.78 is 0. The minimum atomic E-state index is -0.862. The van der Waals surface area contributed by atoms with Gasteiger partial charge in [0.15, 0.2) is 0 Å². The van der Waals surface area contributed by atoms with Crippen molar-refractivity contribution in [1.82, 2.24) is 4.90 Å². The molecule has 1 aliphatic rings. The molecule has 1 saturated carbocycles. The smallest absolute Gasteiger partial charge is 0.335 e. The normalized spacial score (nSPS) is 17.1. The fourth-order valence-electron chi connectivity index (χ4n) is 1.94.